The van der Waals surface area contributed by atoms with E-state index in [2.05, 4.69) is 46.5 Å². The van der Waals surface area contributed by atoms with Gasteiger partial charge >= 0.3 is 0 Å². The Morgan fingerprint density at radius 1 is 0.702 bits per heavy atom. The van der Waals surface area contributed by atoms with Crippen LogP contribution in [0.1, 0.15) is 65.2 Å². The van der Waals surface area contributed by atoms with Crippen molar-refractivity contribution in [1.29, 1.82) is 0 Å². The number of pyridine rings is 2. The quantitative estimate of drug-likeness (QED) is 0.113. The lowest BCUT2D eigenvalue weighted by Crippen LogP contribution is -2.12. The Labute approximate surface area is 276 Å². The fraction of sp³-hybridized carbons (Fsp3) is 0.220. The van der Waals surface area contributed by atoms with Gasteiger partial charge in [0, 0.05) is 44.9 Å². The average molecular weight is 623 g/mol. The van der Waals surface area contributed by atoms with Gasteiger partial charge in [0.15, 0.2) is 0 Å². The van der Waals surface area contributed by atoms with Crippen molar-refractivity contribution >= 4 is 27.4 Å². The predicted octanol–water partition coefficient (Wildman–Crippen LogP) is 9.99. The van der Waals surface area contributed by atoms with E-state index in [1.54, 1.807) is 6.08 Å². The molecule has 0 spiro atoms. The summed E-state index contributed by atoms with van der Waals surface area (Å²) in [4.78, 5) is 13.5. The molecule has 6 heteroatoms. The molecular formula is C41H42N4O2. The Morgan fingerprint density at radius 3 is 1.72 bits per heavy atom. The number of benzene rings is 3. The van der Waals surface area contributed by atoms with Gasteiger partial charge in [0.25, 0.3) is 0 Å². The van der Waals surface area contributed by atoms with Crippen molar-refractivity contribution in [3.8, 4) is 45.3 Å². The molecule has 3 aromatic carbocycles. The fourth-order valence-corrected chi connectivity index (χ4v) is 5.89. The number of nitrogens with zero attached hydrogens (tertiary/aromatic N) is 2. The van der Waals surface area contributed by atoms with Crippen LogP contribution in [-0.2, 0) is 10.8 Å². The third-order valence-electron chi connectivity index (χ3n) is 8.79. The SMILES string of the molecule is C/C(=C\C=C/N)c1cc(C(C)(C)C)cc(-c2ccc3ccc4ccc(-c5cc(C(C)(C)C)cc(-c6ccc[nH]6)c5O)nc4c3n2)c1O. The van der Waals surface area contributed by atoms with Crippen LogP contribution < -0.4 is 5.73 Å². The van der Waals surface area contributed by atoms with Crippen LogP contribution in [0.5, 0.6) is 11.5 Å². The topological polar surface area (TPSA) is 108 Å². The molecule has 6 nitrogen and oxygen atoms in total. The van der Waals surface area contributed by atoms with Crippen molar-refractivity contribution in [2.75, 3.05) is 0 Å². The Bertz CT molecular complexity index is 2190. The molecule has 0 bridgehead atoms. The first-order valence-electron chi connectivity index (χ1n) is 15.9. The van der Waals surface area contributed by atoms with E-state index in [1.165, 1.54) is 6.20 Å². The second kappa shape index (κ2) is 11.8. The number of phenolic OH excluding ortho intramolecular Hbond substituents is 2. The van der Waals surface area contributed by atoms with E-state index in [0.29, 0.717) is 22.5 Å². The van der Waals surface area contributed by atoms with Crippen LogP contribution in [-0.4, -0.2) is 25.2 Å². The average Bonchev–Trinajstić information content (AvgIpc) is 3.57. The van der Waals surface area contributed by atoms with Crippen LogP contribution >= 0.6 is 0 Å². The van der Waals surface area contributed by atoms with Gasteiger partial charge in [0.1, 0.15) is 11.5 Å². The highest BCUT2D eigenvalue weighted by Gasteiger charge is 2.23. The number of aromatic amines is 1. The minimum absolute atomic E-state index is 0.152. The fourth-order valence-electron chi connectivity index (χ4n) is 5.89. The molecule has 238 valence electrons. The molecule has 47 heavy (non-hydrogen) atoms. The Balaban J connectivity index is 1.58. The molecule has 0 atom stereocenters. The van der Waals surface area contributed by atoms with Crippen molar-refractivity contribution in [3.05, 3.63) is 114 Å². The van der Waals surface area contributed by atoms with Crippen LogP contribution in [0.2, 0.25) is 0 Å². The zero-order chi connectivity index (χ0) is 33.7. The monoisotopic (exact) mass is 622 g/mol. The number of aromatic nitrogens is 3. The summed E-state index contributed by atoms with van der Waals surface area (Å²) in [5, 5.41) is 25.1. The van der Waals surface area contributed by atoms with E-state index in [1.807, 2.05) is 92.0 Å². The van der Waals surface area contributed by atoms with Crippen LogP contribution in [0.4, 0.5) is 0 Å². The maximum absolute atomic E-state index is 11.6. The summed E-state index contributed by atoms with van der Waals surface area (Å²) in [6, 6.07) is 24.1. The minimum atomic E-state index is -0.163. The Morgan fingerprint density at radius 2 is 1.21 bits per heavy atom. The summed E-state index contributed by atoms with van der Waals surface area (Å²) < 4.78 is 0. The van der Waals surface area contributed by atoms with Gasteiger partial charge in [0.05, 0.1) is 22.4 Å². The first-order valence-corrected chi connectivity index (χ1v) is 15.9. The first kappa shape index (κ1) is 31.6. The summed E-state index contributed by atoms with van der Waals surface area (Å²) in [5.74, 6) is 0.337. The lowest BCUT2D eigenvalue weighted by molar-refractivity contribution is 0.474. The molecule has 0 amide bonds. The van der Waals surface area contributed by atoms with E-state index in [9.17, 15) is 10.2 Å². The number of nitrogens with one attached hydrogen (secondary N) is 1. The Hall–Kier alpha value is -5.36. The number of nitrogens with two attached hydrogens (primary N) is 1. The third kappa shape index (κ3) is 5.99. The standard InChI is InChI=1S/C41H42N4O2/c1-24(10-8-18-42)29-20-27(40(2,3)4)22-31(38(29)46)34-16-14-25-12-13-26-15-17-35(45-37(26)36(25)44-34)32-23-28(41(5,6)7)21-30(39(32)47)33-11-9-19-43-33/h8-23,43,46-47H,42H2,1-7H3/b18-8-,24-10+. The van der Waals surface area contributed by atoms with E-state index in [0.717, 1.165) is 55.3 Å². The third-order valence-corrected chi connectivity index (χ3v) is 8.79. The predicted molar refractivity (Wildman–Crippen MR) is 195 cm³/mol. The van der Waals surface area contributed by atoms with Crippen molar-refractivity contribution in [2.45, 2.75) is 59.3 Å². The summed E-state index contributed by atoms with van der Waals surface area (Å²) >= 11 is 0. The van der Waals surface area contributed by atoms with E-state index >= 15 is 0 Å². The van der Waals surface area contributed by atoms with Gasteiger partial charge in [0.2, 0.25) is 0 Å². The van der Waals surface area contributed by atoms with Crippen LogP contribution in [0.25, 0.3) is 61.2 Å². The van der Waals surface area contributed by atoms with Crippen molar-refractivity contribution < 1.29 is 10.2 Å². The molecule has 0 unspecified atom stereocenters. The molecule has 0 saturated carbocycles. The molecule has 0 aliphatic heterocycles. The van der Waals surface area contributed by atoms with Gasteiger partial charge in [-0.05, 0) is 95.3 Å². The van der Waals surface area contributed by atoms with Crippen LogP contribution in [0.15, 0.2) is 97.3 Å². The highest BCUT2D eigenvalue weighted by molar-refractivity contribution is 6.04. The zero-order valence-electron chi connectivity index (χ0n) is 28.1. The molecule has 3 aromatic heterocycles. The van der Waals surface area contributed by atoms with Gasteiger partial charge < -0.3 is 20.9 Å². The number of hydrogen-bond donors (Lipinski definition) is 4. The van der Waals surface area contributed by atoms with Crippen LogP contribution in [0, 0.1) is 0 Å². The zero-order valence-corrected chi connectivity index (χ0v) is 28.1. The molecule has 0 aliphatic carbocycles. The molecule has 0 radical (unpaired) electrons. The number of H-pyrrole nitrogens is 1. The van der Waals surface area contributed by atoms with E-state index in [4.69, 9.17) is 15.7 Å². The minimum Gasteiger partial charge on any atom is -0.507 e. The number of aromatic hydroxyl groups is 2. The highest BCUT2D eigenvalue weighted by atomic mass is 16.3. The van der Waals surface area contributed by atoms with E-state index in [-0.39, 0.29) is 22.3 Å². The van der Waals surface area contributed by atoms with Crippen molar-refractivity contribution in [1.82, 2.24) is 15.0 Å². The molecule has 3 heterocycles. The first-order chi connectivity index (χ1) is 22.3. The number of hydrogen-bond acceptors (Lipinski definition) is 5. The molecule has 6 aromatic rings. The summed E-state index contributed by atoms with van der Waals surface area (Å²) in [6.45, 7) is 14.9. The summed E-state index contributed by atoms with van der Waals surface area (Å²) in [5.41, 5.74) is 14.7. The second-order valence-electron chi connectivity index (χ2n) is 14.3. The maximum Gasteiger partial charge on any atom is 0.134 e. The van der Waals surface area contributed by atoms with Gasteiger partial charge in [-0.15, -0.1) is 0 Å². The smallest absolute Gasteiger partial charge is 0.134 e. The molecular weight excluding hydrogens is 580 g/mol. The summed E-state index contributed by atoms with van der Waals surface area (Å²) in [6.07, 6.45) is 6.99. The van der Waals surface area contributed by atoms with Crippen molar-refractivity contribution in [3.63, 3.8) is 0 Å². The second-order valence-corrected chi connectivity index (χ2v) is 14.3. The Kier molecular flexibility index (Phi) is 7.92. The lowest BCUT2D eigenvalue weighted by Gasteiger charge is -2.23. The normalized spacial score (nSPS) is 12.9. The molecule has 0 fully saturated rings. The van der Waals surface area contributed by atoms with Gasteiger partial charge in [-0.1, -0.05) is 71.9 Å². The summed E-state index contributed by atoms with van der Waals surface area (Å²) in [7, 11) is 0. The number of fused-ring (bicyclic) bond motifs is 3. The van der Waals surface area contributed by atoms with Gasteiger partial charge in [-0.25, -0.2) is 9.97 Å². The maximum atomic E-state index is 11.6. The largest absolute Gasteiger partial charge is 0.507 e. The number of phenols is 2. The lowest BCUT2D eigenvalue weighted by atomic mass is 9.83. The highest BCUT2D eigenvalue weighted by Crippen LogP contribution is 2.43. The molecule has 5 N–H and O–H groups in total. The van der Waals surface area contributed by atoms with Crippen LogP contribution in [0.3, 0.4) is 0 Å². The molecule has 0 aliphatic rings. The van der Waals surface area contributed by atoms with Gasteiger partial charge in [-0.3, -0.25) is 0 Å². The number of allylic oxidation sites excluding steroid dienone is 3. The van der Waals surface area contributed by atoms with E-state index < -0.39 is 0 Å². The number of rotatable bonds is 5. The molecule has 6 rings (SSSR count). The van der Waals surface area contributed by atoms with Gasteiger partial charge in [-0.2, -0.15) is 0 Å². The van der Waals surface area contributed by atoms with Crippen molar-refractivity contribution in [2.24, 2.45) is 5.73 Å². The molecule has 0 saturated heterocycles.